The number of anilines is 1. The van der Waals surface area contributed by atoms with Crippen molar-refractivity contribution in [3.05, 3.63) is 11.6 Å². The van der Waals surface area contributed by atoms with Crippen molar-refractivity contribution in [2.75, 3.05) is 32.1 Å². The van der Waals surface area contributed by atoms with Gasteiger partial charge in [-0.25, -0.2) is 4.98 Å². The first-order valence-electron chi connectivity index (χ1n) is 6.10. The van der Waals surface area contributed by atoms with Crippen LogP contribution in [-0.4, -0.2) is 54.2 Å². The molecule has 0 radical (unpaired) electrons. The van der Waals surface area contributed by atoms with E-state index in [1.807, 2.05) is 17.3 Å². The summed E-state index contributed by atoms with van der Waals surface area (Å²) in [4.78, 5) is 19.5. The summed E-state index contributed by atoms with van der Waals surface area (Å²) in [6.45, 7) is 0.863. The molecule has 0 bridgehead atoms. The van der Waals surface area contributed by atoms with Gasteiger partial charge in [-0.3, -0.25) is 14.6 Å². The lowest BCUT2D eigenvalue weighted by Crippen LogP contribution is -2.40. The highest BCUT2D eigenvalue weighted by Crippen LogP contribution is 2.32. The first-order valence-corrected chi connectivity index (χ1v) is 6.98. The van der Waals surface area contributed by atoms with E-state index in [0.29, 0.717) is 24.1 Å². The van der Waals surface area contributed by atoms with Crippen molar-refractivity contribution in [3.8, 4) is 0 Å². The second-order valence-electron chi connectivity index (χ2n) is 4.87. The Morgan fingerprint density at radius 3 is 2.89 bits per heavy atom. The normalized spacial score (nSPS) is 16.9. The van der Waals surface area contributed by atoms with Gasteiger partial charge in [0.25, 0.3) is 0 Å². The molecule has 1 aromatic rings. The smallest absolute Gasteiger partial charge is 0.242 e. The van der Waals surface area contributed by atoms with Gasteiger partial charge in [-0.05, 0) is 25.8 Å². The number of hydrogen-bond donors (Lipinski definition) is 1. The van der Waals surface area contributed by atoms with Gasteiger partial charge in [0.1, 0.15) is 0 Å². The SMILES string of the molecule is CN(CC(=O)N(C)c1nccs1)CC(O)C1CC1. The number of likely N-dealkylation sites (N-methyl/N-ethyl adjacent to an activating group) is 2. The fourth-order valence-corrected chi connectivity index (χ4v) is 2.46. The minimum Gasteiger partial charge on any atom is -0.392 e. The first-order chi connectivity index (χ1) is 8.58. The highest BCUT2D eigenvalue weighted by molar-refractivity contribution is 7.13. The Morgan fingerprint density at radius 1 is 1.61 bits per heavy atom. The number of amides is 1. The molecule has 18 heavy (non-hydrogen) atoms. The Balaban J connectivity index is 1.79. The molecule has 1 amide bonds. The maximum Gasteiger partial charge on any atom is 0.242 e. The highest BCUT2D eigenvalue weighted by Gasteiger charge is 2.30. The van der Waals surface area contributed by atoms with Gasteiger partial charge in [0.05, 0.1) is 12.6 Å². The number of rotatable bonds is 6. The summed E-state index contributed by atoms with van der Waals surface area (Å²) in [5.74, 6) is 0.440. The van der Waals surface area contributed by atoms with Crippen molar-refractivity contribution in [1.29, 1.82) is 0 Å². The predicted molar refractivity (Wildman–Crippen MR) is 71.8 cm³/mol. The Labute approximate surface area is 111 Å². The van der Waals surface area contributed by atoms with E-state index in [9.17, 15) is 9.90 Å². The van der Waals surface area contributed by atoms with E-state index in [1.165, 1.54) is 11.3 Å². The molecule has 0 aromatic carbocycles. The van der Waals surface area contributed by atoms with Gasteiger partial charge < -0.3 is 5.11 Å². The number of thiazole rings is 1. The van der Waals surface area contributed by atoms with Crippen LogP contribution in [0, 0.1) is 5.92 Å². The van der Waals surface area contributed by atoms with Gasteiger partial charge in [-0.2, -0.15) is 0 Å². The number of aromatic nitrogens is 1. The zero-order valence-corrected chi connectivity index (χ0v) is 11.6. The number of aliphatic hydroxyl groups is 1. The minimum atomic E-state index is -0.298. The van der Waals surface area contributed by atoms with Crippen molar-refractivity contribution in [3.63, 3.8) is 0 Å². The lowest BCUT2D eigenvalue weighted by molar-refractivity contribution is -0.119. The largest absolute Gasteiger partial charge is 0.392 e. The van der Waals surface area contributed by atoms with Crippen molar-refractivity contribution >= 4 is 22.4 Å². The van der Waals surface area contributed by atoms with Crippen molar-refractivity contribution in [1.82, 2.24) is 9.88 Å². The number of nitrogens with zero attached hydrogens (tertiary/aromatic N) is 3. The monoisotopic (exact) mass is 269 g/mol. The second-order valence-corrected chi connectivity index (χ2v) is 5.74. The Bertz CT molecular complexity index is 392. The average molecular weight is 269 g/mol. The van der Waals surface area contributed by atoms with E-state index in [4.69, 9.17) is 0 Å². The Kier molecular flexibility index (Phi) is 4.31. The van der Waals surface area contributed by atoms with Crippen LogP contribution in [0.25, 0.3) is 0 Å². The van der Waals surface area contributed by atoms with Gasteiger partial charge in [-0.1, -0.05) is 0 Å². The minimum absolute atomic E-state index is 0.00422. The molecule has 1 N–H and O–H groups in total. The fourth-order valence-electron chi connectivity index (χ4n) is 1.84. The fraction of sp³-hybridized carbons (Fsp3) is 0.667. The summed E-state index contributed by atoms with van der Waals surface area (Å²) in [6, 6.07) is 0. The number of aliphatic hydroxyl groups excluding tert-OH is 1. The third-order valence-electron chi connectivity index (χ3n) is 3.15. The summed E-state index contributed by atoms with van der Waals surface area (Å²) < 4.78 is 0. The van der Waals surface area contributed by atoms with E-state index < -0.39 is 0 Å². The van der Waals surface area contributed by atoms with Gasteiger partial charge in [-0.15, -0.1) is 11.3 Å². The van der Waals surface area contributed by atoms with Crippen LogP contribution in [0.4, 0.5) is 5.13 Å². The topological polar surface area (TPSA) is 56.7 Å². The maximum atomic E-state index is 12.0. The quantitative estimate of drug-likeness (QED) is 0.830. The molecule has 1 fully saturated rings. The van der Waals surface area contributed by atoms with Crippen LogP contribution in [-0.2, 0) is 4.79 Å². The highest BCUT2D eigenvalue weighted by atomic mass is 32.1. The number of carbonyl (C=O) groups excluding carboxylic acids is 1. The van der Waals surface area contributed by atoms with Crippen molar-refractivity contribution in [2.24, 2.45) is 5.92 Å². The zero-order valence-electron chi connectivity index (χ0n) is 10.7. The second kappa shape index (κ2) is 5.77. The van der Waals surface area contributed by atoms with Crippen LogP contribution in [0.1, 0.15) is 12.8 Å². The van der Waals surface area contributed by atoms with Gasteiger partial charge >= 0.3 is 0 Å². The van der Waals surface area contributed by atoms with Gasteiger partial charge in [0, 0.05) is 25.2 Å². The predicted octanol–water partition coefficient (Wildman–Crippen LogP) is 0.809. The molecule has 6 heteroatoms. The Morgan fingerprint density at radius 2 is 2.33 bits per heavy atom. The lowest BCUT2D eigenvalue weighted by Gasteiger charge is -2.22. The van der Waals surface area contributed by atoms with Crippen LogP contribution >= 0.6 is 11.3 Å². The Hall–Kier alpha value is -0.980. The standard InChI is InChI=1S/C12H19N3O2S/c1-14(7-10(16)9-3-4-9)8-11(17)15(2)12-13-5-6-18-12/h5-6,9-10,16H,3-4,7-8H2,1-2H3. The van der Waals surface area contributed by atoms with E-state index in [1.54, 1.807) is 18.1 Å². The van der Waals surface area contributed by atoms with Crippen molar-refractivity contribution < 1.29 is 9.90 Å². The molecular formula is C12H19N3O2S. The van der Waals surface area contributed by atoms with E-state index in [2.05, 4.69) is 4.98 Å². The molecule has 0 aliphatic heterocycles. The molecule has 1 aliphatic rings. The molecular weight excluding hydrogens is 250 g/mol. The maximum absolute atomic E-state index is 12.0. The zero-order chi connectivity index (χ0) is 13.1. The third kappa shape index (κ3) is 3.51. The molecule has 0 saturated heterocycles. The van der Waals surface area contributed by atoms with Crippen LogP contribution in [0.15, 0.2) is 11.6 Å². The third-order valence-corrected chi connectivity index (χ3v) is 4.00. The van der Waals surface area contributed by atoms with Crippen LogP contribution in [0.5, 0.6) is 0 Å². The summed E-state index contributed by atoms with van der Waals surface area (Å²) in [5.41, 5.74) is 0. The van der Waals surface area contributed by atoms with E-state index in [-0.39, 0.29) is 12.0 Å². The lowest BCUT2D eigenvalue weighted by atomic mass is 10.2. The van der Waals surface area contributed by atoms with E-state index in [0.717, 1.165) is 12.8 Å². The number of carbonyl (C=O) groups is 1. The molecule has 1 saturated carbocycles. The van der Waals surface area contributed by atoms with Crippen molar-refractivity contribution in [2.45, 2.75) is 18.9 Å². The molecule has 1 atom stereocenters. The molecule has 1 heterocycles. The molecule has 2 rings (SSSR count). The first kappa shape index (κ1) is 13.5. The van der Waals surface area contributed by atoms with Gasteiger partial charge in [0.2, 0.25) is 5.91 Å². The van der Waals surface area contributed by atoms with E-state index >= 15 is 0 Å². The molecule has 1 aliphatic carbocycles. The molecule has 5 nitrogen and oxygen atoms in total. The summed E-state index contributed by atoms with van der Waals surface area (Å²) in [6.07, 6.45) is 3.61. The van der Waals surface area contributed by atoms with Gasteiger partial charge in [0.15, 0.2) is 5.13 Å². The summed E-state index contributed by atoms with van der Waals surface area (Å²) in [5, 5.41) is 12.4. The molecule has 1 aromatic heterocycles. The summed E-state index contributed by atoms with van der Waals surface area (Å²) >= 11 is 1.44. The average Bonchev–Trinajstić information content (AvgIpc) is 3.04. The summed E-state index contributed by atoms with van der Waals surface area (Å²) in [7, 11) is 3.59. The van der Waals surface area contributed by atoms with Crippen LogP contribution in [0.3, 0.4) is 0 Å². The van der Waals surface area contributed by atoms with Crippen LogP contribution < -0.4 is 4.90 Å². The number of hydrogen-bond acceptors (Lipinski definition) is 5. The van der Waals surface area contributed by atoms with Crippen LogP contribution in [0.2, 0.25) is 0 Å². The molecule has 100 valence electrons. The molecule has 0 spiro atoms. The molecule has 1 unspecified atom stereocenters.